The molecule has 0 radical (unpaired) electrons. The van der Waals surface area contributed by atoms with Crippen LogP contribution in [0.15, 0.2) is 84.9 Å². The number of hydrogen-bond acceptors (Lipinski definition) is 7. The van der Waals surface area contributed by atoms with Gasteiger partial charge in [-0.05, 0) is 41.8 Å². The maximum atomic E-state index is 13.6. The van der Waals surface area contributed by atoms with Crippen LogP contribution in [0, 0.1) is 0 Å². The van der Waals surface area contributed by atoms with E-state index in [0.717, 1.165) is 5.56 Å². The minimum atomic E-state index is -3.95. The predicted octanol–water partition coefficient (Wildman–Crippen LogP) is 4.03. The fraction of sp³-hybridized carbons (Fsp3) is 0.259. The van der Waals surface area contributed by atoms with Crippen molar-refractivity contribution in [2.24, 2.45) is 0 Å². The number of sulfone groups is 1. The Balaban J connectivity index is 1.57. The Hall–Kier alpha value is -3.89. The van der Waals surface area contributed by atoms with E-state index in [-0.39, 0.29) is 31.9 Å². The Morgan fingerprint density at radius 1 is 0.892 bits per heavy atom. The highest BCUT2D eigenvalue weighted by atomic mass is 32.2. The molecule has 1 heterocycles. The van der Waals surface area contributed by atoms with Gasteiger partial charge in [-0.15, -0.1) is 0 Å². The zero-order valence-corrected chi connectivity index (χ0v) is 20.9. The molecule has 37 heavy (non-hydrogen) atoms. The standard InChI is InChI=1S/C27H28N2O7S/c30-25(28-32)19-27(22-11-13-24(14-12-22)36-23-9-5-2-6-10-23)15-16-29(17-18-37(27,33)34)26(31)35-20-21-7-3-1-4-8-21/h1-14,32H,15-20H2,(H,28,30). The van der Waals surface area contributed by atoms with Crippen molar-refractivity contribution >= 4 is 21.8 Å². The third-order valence-corrected chi connectivity index (χ3v) is 8.90. The second-order valence-electron chi connectivity index (χ2n) is 8.74. The van der Waals surface area contributed by atoms with Gasteiger partial charge in [-0.1, -0.05) is 60.7 Å². The number of benzene rings is 3. The van der Waals surface area contributed by atoms with E-state index in [1.54, 1.807) is 41.9 Å². The molecule has 0 saturated carbocycles. The molecule has 3 aromatic carbocycles. The van der Waals surface area contributed by atoms with Gasteiger partial charge < -0.3 is 14.4 Å². The summed E-state index contributed by atoms with van der Waals surface area (Å²) < 4.78 is 36.8. The third-order valence-electron chi connectivity index (χ3n) is 6.40. The molecule has 0 bridgehead atoms. The summed E-state index contributed by atoms with van der Waals surface area (Å²) in [6, 6.07) is 24.8. The summed E-state index contributed by atoms with van der Waals surface area (Å²) in [4.78, 5) is 26.4. The van der Waals surface area contributed by atoms with Crippen LogP contribution in [0.5, 0.6) is 11.5 Å². The smallest absolute Gasteiger partial charge is 0.410 e. The molecule has 9 nitrogen and oxygen atoms in total. The highest BCUT2D eigenvalue weighted by molar-refractivity contribution is 7.92. The van der Waals surface area contributed by atoms with E-state index < -0.39 is 33.0 Å². The van der Waals surface area contributed by atoms with Gasteiger partial charge >= 0.3 is 6.09 Å². The summed E-state index contributed by atoms with van der Waals surface area (Å²) in [5.74, 6) is -0.0903. The van der Waals surface area contributed by atoms with Crippen molar-refractivity contribution in [2.45, 2.75) is 24.2 Å². The molecular formula is C27H28N2O7S. The Bertz CT molecular complexity index is 1320. The number of carbonyl (C=O) groups excluding carboxylic acids is 2. The summed E-state index contributed by atoms with van der Waals surface area (Å²) in [5.41, 5.74) is 2.73. The topological polar surface area (TPSA) is 122 Å². The Morgan fingerprint density at radius 2 is 1.51 bits per heavy atom. The van der Waals surface area contributed by atoms with Gasteiger partial charge in [-0.3, -0.25) is 10.0 Å². The summed E-state index contributed by atoms with van der Waals surface area (Å²) in [6.45, 7) is 0.0331. The van der Waals surface area contributed by atoms with E-state index in [9.17, 15) is 23.2 Å². The van der Waals surface area contributed by atoms with Crippen molar-refractivity contribution < 1.29 is 32.7 Å². The van der Waals surface area contributed by atoms with Crippen LogP contribution >= 0.6 is 0 Å². The summed E-state index contributed by atoms with van der Waals surface area (Å²) in [7, 11) is -3.95. The zero-order valence-electron chi connectivity index (χ0n) is 20.1. The van der Waals surface area contributed by atoms with Crippen LogP contribution < -0.4 is 10.2 Å². The van der Waals surface area contributed by atoms with Crippen LogP contribution in [0.25, 0.3) is 0 Å². The van der Waals surface area contributed by atoms with Crippen molar-refractivity contribution in [1.82, 2.24) is 10.4 Å². The Labute approximate surface area is 215 Å². The molecule has 2 N–H and O–H groups in total. The highest BCUT2D eigenvalue weighted by Gasteiger charge is 2.49. The second-order valence-corrected chi connectivity index (χ2v) is 11.2. The largest absolute Gasteiger partial charge is 0.457 e. The average molecular weight is 525 g/mol. The van der Waals surface area contributed by atoms with Crippen LogP contribution in [-0.2, 0) is 30.7 Å². The number of rotatable bonds is 7. The lowest BCUT2D eigenvalue weighted by atomic mass is 9.90. The lowest BCUT2D eigenvalue weighted by molar-refractivity contribution is -0.130. The Morgan fingerprint density at radius 3 is 2.16 bits per heavy atom. The average Bonchev–Trinajstić information content (AvgIpc) is 3.05. The fourth-order valence-electron chi connectivity index (χ4n) is 4.38. The molecule has 194 valence electrons. The molecule has 1 atom stereocenters. The number of amides is 2. The predicted molar refractivity (Wildman–Crippen MR) is 136 cm³/mol. The van der Waals surface area contributed by atoms with Crippen LogP contribution in [0.3, 0.4) is 0 Å². The highest BCUT2D eigenvalue weighted by Crippen LogP contribution is 2.41. The number of ether oxygens (including phenoxy) is 2. The number of hydrogen-bond donors (Lipinski definition) is 2. The van der Waals surface area contributed by atoms with Gasteiger partial charge in [0.15, 0.2) is 9.84 Å². The molecule has 0 aromatic heterocycles. The molecule has 1 aliphatic heterocycles. The first-order valence-corrected chi connectivity index (χ1v) is 13.4. The number of carbonyl (C=O) groups is 2. The first-order chi connectivity index (χ1) is 17.8. The molecule has 1 aliphatic rings. The summed E-state index contributed by atoms with van der Waals surface area (Å²) in [6.07, 6.45) is -1.19. The van der Waals surface area contributed by atoms with E-state index >= 15 is 0 Å². The van der Waals surface area contributed by atoms with Crippen LogP contribution in [0.4, 0.5) is 4.79 Å². The molecule has 3 aromatic rings. The van der Waals surface area contributed by atoms with E-state index in [1.165, 1.54) is 4.90 Å². The van der Waals surface area contributed by atoms with Crippen molar-refractivity contribution in [3.63, 3.8) is 0 Å². The van der Waals surface area contributed by atoms with Crippen LogP contribution in [0.2, 0.25) is 0 Å². The maximum Gasteiger partial charge on any atom is 0.410 e. The zero-order chi connectivity index (χ0) is 26.3. The minimum absolute atomic E-state index is 0.0494. The van der Waals surface area contributed by atoms with Gasteiger partial charge in [0.1, 0.15) is 22.9 Å². The number of hydroxylamine groups is 1. The van der Waals surface area contributed by atoms with Gasteiger partial charge in [0, 0.05) is 13.1 Å². The van der Waals surface area contributed by atoms with Crippen molar-refractivity contribution in [3.8, 4) is 11.5 Å². The van der Waals surface area contributed by atoms with Gasteiger partial charge in [0.2, 0.25) is 5.91 Å². The van der Waals surface area contributed by atoms with E-state index in [1.807, 2.05) is 48.5 Å². The quantitative estimate of drug-likeness (QED) is 0.353. The third kappa shape index (κ3) is 6.10. The minimum Gasteiger partial charge on any atom is -0.457 e. The molecule has 4 rings (SSSR count). The first kappa shape index (κ1) is 26.2. The van der Waals surface area contributed by atoms with Crippen molar-refractivity contribution in [1.29, 1.82) is 0 Å². The van der Waals surface area contributed by atoms with Gasteiger partial charge in [0.05, 0.1) is 12.2 Å². The van der Waals surface area contributed by atoms with Gasteiger partial charge in [-0.25, -0.2) is 18.7 Å². The SMILES string of the molecule is O=C(CC1(c2ccc(Oc3ccccc3)cc2)CCN(C(=O)OCc2ccccc2)CCS1(=O)=O)NO. The number of nitrogens with one attached hydrogen (secondary N) is 1. The normalized spacial score (nSPS) is 18.9. The van der Waals surface area contributed by atoms with Crippen LogP contribution in [0.1, 0.15) is 24.0 Å². The first-order valence-electron chi connectivity index (χ1n) is 11.8. The van der Waals surface area contributed by atoms with Crippen LogP contribution in [-0.4, -0.2) is 49.4 Å². The van der Waals surface area contributed by atoms with Gasteiger partial charge in [0.25, 0.3) is 0 Å². The summed E-state index contributed by atoms with van der Waals surface area (Å²) in [5, 5.41) is 9.20. The Kier molecular flexibility index (Phi) is 8.10. The second kappa shape index (κ2) is 11.4. The molecular weight excluding hydrogens is 496 g/mol. The molecule has 0 spiro atoms. The fourth-order valence-corrected chi connectivity index (χ4v) is 6.48. The van der Waals surface area contributed by atoms with E-state index in [4.69, 9.17) is 9.47 Å². The molecule has 1 unspecified atom stereocenters. The molecule has 2 amide bonds. The summed E-state index contributed by atoms with van der Waals surface area (Å²) >= 11 is 0. The van der Waals surface area contributed by atoms with Crippen molar-refractivity contribution in [2.75, 3.05) is 18.8 Å². The number of para-hydroxylation sites is 1. The van der Waals surface area contributed by atoms with Crippen molar-refractivity contribution in [3.05, 3.63) is 96.1 Å². The number of nitrogens with zero attached hydrogens (tertiary/aromatic N) is 1. The monoisotopic (exact) mass is 524 g/mol. The van der Waals surface area contributed by atoms with E-state index in [2.05, 4.69) is 0 Å². The van der Waals surface area contributed by atoms with E-state index in [0.29, 0.717) is 17.1 Å². The lowest BCUT2D eigenvalue weighted by Crippen LogP contribution is -2.42. The molecule has 0 aliphatic carbocycles. The molecule has 1 fully saturated rings. The maximum absolute atomic E-state index is 13.6. The molecule has 1 saturated heterocycles. The molecule has 10 heteroatoms. The van der Waals surface area contributed by atoms with Gasteiger partial charge in [-0.2, -0.15) is 0 Å². The lowest BCUT2D eigenvalue weighted by Gasteiger charge is -2.32.